The van der Waals surface area contributed by atoms with Gasteiger partial charge >= 0.3 is 0 Å². The highest BCUT2D eigenvalue weighted by molar-refractivity contribution is 5.86. The molecule has 0 aliphatic carbocycles. The van der Waals surface area contributed by atoms with Crippen molar-refractivity contribution in [3.05, 3.63) is 60.2 Å². The van der Waals surface area contributed by atoms with E-state index in [2.05, 4.69) is 22.1 Å². The molecule has 1 aromatic heterocycles. The first-order valence-electron chi connectivity index (χ1n) is 9.56. The maximum atomic E-state index is 12.9. The van der Waals surface area contributed by atoms with Crippen LogP contribution in [0.2, 0.25) is 0 Å². The lowest BCUT2D eigenvalue weighted by Crippen LogP contribution is -2.58. The number of piperidine rings is 1. The molecule has 27 heavy (non-hydrogen) atoms. The molecule has 3 rings (SSSR count). The quantitative estimate of drug-likeness (QED) is 0.771. The topological polar surface area (TPSA) is 69.6 Å². The zero-order valence-corrected chi connectivity index (χ0v) is 15.9. The number of aryl methyl sites for hydroxylation is 1. The van der Waals surface area contributed by atoms with Crippen LogP contribution < -0.4 is 0 Å². The van der Waals surface area contributed by atoms with Crippen LogP contribution in [0.1, 0.15) is 30.5 Å². The molecule has 1 saturated heterocycles. The number of aromatic nitrogens is 2. The summed E-state index contributed by atoms with van der Waals surface area (Å²) >= 11 is 0. The van der Waals surface area contributed by atoms with Gasteiger partial charge in [-0.1, -0.05) is 30.3 Å². The summed E-state index contributed by atoms with van der Waals surface area (Å²) in [4.78, 5) is 24.8. The maximum Gasteiger partial charge on any atom is 0.255 e. The molecule has 0 radical (unpaired) electrons. The first-order chi connectivity index (χ1) is 13.1. The van der Waals surface area contributed by atoms with Gasteiger partial charge in [0.1, 0.15) is 6.33 Å². The van der Waals surface area contributed by atoms with Gasteiger partial charge in [0.15, 0.2) is 5.60 Å². The molecule has 0 bridgehead atoms. The van der Waals surface area contributed by atoms with Crippen molar-refractivity contribution in [3.8, 4) is 0 Å². The summed E-state index contributed by atoms with van der Waals surface area (Å²) in [6, 6.07) is 12.1. The van der Waals surface area contributed by atoms with Crippen LogP contribution in [0.5, 0.6) is 0 Å². The number of carbonyl (C=O) groups is 1. The standard InChI is InChI=1S/C21H28N4O2/c1-24(15-19-10-12-22-17-23-19)16-21(27)11-6-14-25(20(21)26)13-5-9-18-7-3-2-4-8-18/h2-4,7-8,10,12,17,27H,5-6,9,11,13-16H2,1H3/t21-/m0/s1. The highest BCUT2D eigenvalue weighted by Gasteiger charge is 2.42. The van der Waals surface area contributed by atoms with E-state index in [0.29, 0.717) is 26.1 Å². The number of carbonyl (C=O) groups excluding carboxylic acids is 1. The van der Waals surface area contributed by atoms with Crippen molar-refractivity contribution in [1.29, 1.82) is 0 Å². The van der Waals surface area contributed by atoms with Gasteiger partial charge in [-0.2, -0.15) is 0 Å². The van der Waals surface area contributed by atoms with Crippen LogP contribution >= 0.6 is 0 Å². The Morgan fingerprint density at radius 1 is 1.26 bits per heavy atom. The van der Waals surface area contributed by atoms with E-state index in [9.17, 15) is 9.90 Å². The minimum absolute atomic E-state index is 0.142. The predicted octanol–water partition coefficient (Wildman–Crippen LogP) is 1.89. The average Bonchev–Trinajstić information content (AvgIpc) is 2.67. The van der Waals surface area contributed by atoms with Crippen LogP contribution in [-0.4, -0.2) is 63.1 Å². The molecule has 1 aromatic carbocycles. The molecule has 0 unspecified atom stereocenters. The molecule has 1 atom stereocenters. The summed E-state index contributed by atoms with van der Waals surface area (Å²) in [5.41, 5.74) is 0.841. The van der Waals surface area contributed by atoms with Crippen molar-refractivity contribution in [3.63, 3.8) is 0 Å². The van der Waals surface area contributed by atoms with Crippen molar-refractivity contribution < 1.29 is 9.90 Å². The van der Waals surface area contributed by atoms with Gasteiger partial charge < -0.3 is 10.0 Å². The zero-order chi connectivity index (χ0) is 19.1. The largest absolute Gasteiger partial charge is 0.379 e. The molecule has 1 aliphatic heterocycles. The molecule has 1 amide bonds. The number of hydrogen-bond acceptors (Lipinski definition) is 5. The van der Waals surface area contributed by atoms with Crippen LogP contribution in [-0.2, 0) is 17.8 Å². The Bertz CT molecular complexity index is 725. The normalized spacial score (nSPS) is 20.3. The third-order valence-corrected chi connectivity index (χ3v) is 5.05. The molecule has 0 saturated carbocycles. The van der Waals surface area contributed by atoms with Crippen molar-refractivity contribution in [1.82, 2.24) is 19.8 Å². The minimum atomic E-state index is -1.31. The van der Waals surface area contributed by atoms with E-state index in [1.54, 1.807) is 6.20 Å². The molecular formula is C21H28N4O2. The van der Waals surface area contributed by atoms with Gasteiger partial charge in [-0.3, -0.25) is 9.69 Å². The highest BCUT2D eigenvalue weighted by atomic mass is 16.3. The molecule has 2 heterocycles. The second-order valence-electron chi connectivity index (χ2n) is 7.39. The number of aliphatic hydroxyl groups is 1. The smallest absolute Gasteiger partial charge is 0.255 e. The van der Waals surface area contributed by atoms with Crippen molar-refractivity contribution in [2.75, 3.05) is 26.7 Å². The van der Waals surface area contributed by atoms with E-state index in [1.807, 2.05) is 41.1 Å². The van der Waals surface area contributed by atoms with E-state index in [4.69, 9.17) is 0 Å². The highest BCUT2D eigenvalue weighted by Crippen LogP contribution is 2.24. The Balaban J connectivity index is 1.53. The monoisotopic (exact) mass is 368 g/mol. The van der Waals surface area contributed by atoms with Crippen LogP contribution in [0.25, 0.3) is 0 Å². The number of amides is 1. The lowest BCUT2D eigenvalue weighted by Gasteiger charge is -2.40. The van der Waals surface area contributed by atoms with Gasteiger partial charge in [0.05, 0.1) is 5.69 Å². The minimum Gasteiger partial charge on any atom is -0.379 e. The molecular weight excluding hydrogens is 340 g/mol. The van der Waals surface area contributed by atoms with Crippen molar-refractivity contribution in [2.24, 2.45) is 0 Å². The average molecular weight is 368 g/mol. The first-order valence-corrected chi connectivity index (χ1v) is 9.56. The van der Waals surface area contributed by atoms with Crippen molar-refractivity contribution >= 4 is 5.91 Å². The summed E-state index contributed by atoms with van der Waals surface area (Å²) in [6.07, 6.45) is 6.40. The fourth-order valence-corrected chi connectivity index (χ4v) is 3.73. The number of nitrogens with zero attached hydrogens (tertiary/aromatic N) is 4. The Morgan fingerprint density at radius 2 is 2.07 bits per heavy atom. The lowest BCUT2D eigenvalue weighted by atomic mass is 9.91. The molecule has 1 aliphatic rings. The summed E-state index contributed by atoms with van der Waals surface area (Å²) in [7, 11) is 1.90. The molecule has 1 fully saturated rings. The van der Waals surface area contributed by atoms with E-state index in [-0.39, 0.29) is 5.91 Å². The number of likely N-dealkylation sites (tertiary alicyclic amines) is 1. The fraction of sp³-hybridized carbons (Fsp3) is 0.476. The van der Waals surface area contributed by atoms with Crippen LogP contribution in [0.3, 0.4) is 0 Å². The van der Waals surface area contributed by atoms with Crippen LogP contribution in [0.4, 0.5) is 0 Å². The van der Waals surface area contributed by atoms with Gasteiger partial charge in [-0.05, 0) is 44.4 Å². The summed E-state index contributed by atoms with van der Waals surface area (Å²) < 4.78 is 0. The van der Waals surface area contributed by atoms with Crippen molar-refractivity contribution in [2.45, 2.75) is 37.8 Å². The third kappa shape index (κ3) is 5.34. The molecule has 0 spiro atoms. The van der Waals surface area contributed by atoms with E-state index in [0.717, 1.165) is 31.5 Å². The molecule has 6 nitrogen and oxygen atoms in total. The summed E-state index contributed by atoms with van der Waals surface area (Å²) in [6.45, 7) is 2.30. The van der Waals surface area contributed by atoms with Crippen LogP contribution in [0, 0.1) is 0 Å². The van der Waals surface area contributed by atoms with Gasteiger partial charge in [0, 0.05) is 32.4 Å². The van der Waals surface area contributed by atoms with Crippen LogP contribution in [0.15, 0.2) is 48.9 Å². The Hall–Kier alpha value is -2.31. The number of rotatable bonds is 8. The number of hydrogen-bond donors (Lipinski definition) is 1. The van der Waals surface area contributed by atoms with E-state index < -0.39 is 5.60 Å². The SMILES string of the molecule is CN(Cc1ccncn1)C[C@@]1(O)CCCN(CCCc2ccccc2)C1=O. The lowest BCUT2D eigenvalue weighted by molar-refractivity contribution is -0.159. The molecule has 1 N–H and O–H groups in total. The predicted molar refractivity (Wildman–Crippen MR) is 104 cm³/mol. The Kier molecular flexibility index (Phi) is 6.53. The van der Waals surface area contributed by atoms with Gasteiger partial charge in [0.2, 0.25) is 0 Å². The third-order valence-electron chi connectivity index (χ3n) is 5.05. The first kappa shape index (κ1) is 19.5. The van der Waals surface area contributed by atoms with E-state index >= 15 is 0 Å². The Labute approximate surface area is 160 Å². The summed E-state index contributed by atoms with van der Waals surface area (Å²) in [5, 5.41) is 11.0. The zero-order valence-electron chi connectivity index (χ0n) is 15.9. The van der Waals surface area contributed by atoms with E-state index in [1.165, 1.54) is 11.9 Å². The Morgan fingerprint density at radius 3 is 2.81 bits per heavy atom. The summed E-state index contributed by atoms with van der Waals surface area (Å²) in [5.74, 6) is -0.142. The second kappa shape index (κ2) is 9.06. The van der Waals surface area contributed by atoms with Gasteiger partial charge in [0.25, 0.3) is 5.91 Å². The number of benzene rings is 1. The molecule has 144 valence electrons. The van der Waals surface area contributed by atoms with Gasteiger partial charge in [-0.25, -0.2) is 9.97 Å². The van der Waals surface area contributed by atoms with Gasteiger partial charge in [-0.15, -0.1) is 0 Å². The fourth-order valence-electron chi connectivity index (χ4n) is 3.73. The molecule has 2 aromatic rings. The molecule has 6 heteroatoms. The number of likely N-dealkylation sites (N-methyl/N-ethyl adjacent to an activating group) is 1. The second-order valence-corrected chi connectivity index (χ2v) is 7.39. The maximum absolute atomic E-state index is 12.9.